The number of benzene rings is 7. The number of para-hydroxylation sites is 1. The Morgan fingerprint density at radius 2 is 0.929 bits per heavy atom. The molecule has 12 rings (SSSR count). The lowest BCUT2D eigenvalue weighted by Gasteiger charge is -2.30. The molecule has 1 spiro atoms. The average Bonchev–Trinajstić information content (AvgIpc) is 3.91. The number of rotatable bonds is 4. The summed E-state index contributed by atoms with van der Waals surface area (Å²) < 4.78 is 2.17. The predicted molar refractivity (Wildman–Crippen MR) is 226 cm³/mol. The number of hydrogen-bond acceptors (Lipinski definition) is 3. The van der Waals surface area contributed by atoms with Crippen LogP contribution in [0.4, 0.5) is 0 Å². The van der Waals surface area contributed by atoms with Gasteiger partial charge in [-0.05, 0) is 68.8 Å². The van der Waals surface area contributed by atoms with Crippen molar-refractivity contribution in [1.82, 2.24) is 19.4 Å². The van der Waals surface area contributed by atoms with Crippen molar-refractivity contribution in [3.63, 3.8) is 0 Å². The Hall–Kier alpha value is -7.43. The van der Waals surface area contributed by atoms with Crippen LogP contribution < -0.4 is 0 Å². The Kier molecular flexibility index (Phi) is 6.52. The van der Waals surface area contributed by atoms with Gasteiger partial charge in [0.15, 0.2) is 5.82 Å². The molecule has 0 aliphatic heterocycles. The highest BCUT2D eigenvalue weighted by molar-refractivity contribution is 5.97. The summed E-state index contributed by atoms with van der Waals surface area (Å²) >= 11 is 0. The molecule has 4 nitrogen and oxygen atoms in total. The monoisotopic (exact) mass is 712 g/mol. The van der Waals surface area contributed by atoms with Gasteiger partial charge in [-0.3, -0.25) is 4.40 Å². The van der Waals surface area contributed by atoms with Crippen molar-refractivity contribution in [1.29, 1.82) is 0 Å². The van der Waals surface area contributed by atoms with Gasteiger partial charge in [-0.15, -0.1) is 0 Å². The highest BCUT2D eigenvalue weighted by atomic mass is 15.0. The number of imidazole rings is 1. The molecule has 56 heavy (non-hydrogen) atoms. The fraction of sp³-hybridized carbons (Fsp3) is 0.0192. The summed E-state index contributed by atoms with van der Waals surface area (Å²) in [5.41, 5.74) is 18.9. The first-order valence-corrected chi connectivity index (χ1v) is 19.1. The van der Waals surface area contributed by atoms with Crippen molar-refractivity contribution in [3.8, 4) is 67.4 Å². The van der Waals surface area contributed by atoms with Crippen LogP contribution in [0.5, 0.6) is 0 Å². The largest absolute Gasteiger partial charge is 0.299 e. The molecule has 0 atom stereocenters. The molecule has 260 valence electrons. The van der Waals surface area contributed by atoms with Gasteiger partial charge < -0.3 is 0 Å². The van der Waals surface area contributed by atoms with Crippen LogP contribution in [0.3, 0.4) is 0 Å². The molecule has 7 aromatic carbocycles. The lowest BCUT2D eigenvalue weighted by Crippen LogP contribution is -2.25. The van der Waals surface area contributed by atoms with E-state index in [0.29, 0.717) is 5.82 Å². The summed E-state index contributed by atoms with van der Waals surface area (Å²) in [5.74, 6) is 0.711. The van der Waals surface area contributed by atoms with E-state index in [-0.39, 0.29) is 0 Å². The van der Waals surface area contributed by atoms with E-state index in [1.165, 1.54) is 44.5 Å². The molecule has 2 aliphatic carbocycles. The lowest BCUT2D eigenvalue weighted by molar-refractivity contribution is 0.794. The van der Waals surface area contributed by atoms with E-state index in [2.05, 4.69) is 187 Å². The minimum atomic E-state index is -0.429. The molecule has 0 bridgehead atoms. The Morgan fingerprint density at radius 1 is 0.375 bits per heavy atom. The Balaban J connectivity index is 1.02. The molecule has 0 N–H and O–H groups in total. The van der Waals surface area contributed by atoms with Gasteiger partial charge in [-0.2, -0.15) is 0 Å². The summed E-state index contributed by atoms with van der Waals surface area (Å²) in [5, 5.41) is 1.02. The first-order valence-electron chi connectivity index (χ1n) is 19.1. The predicted octanol–water partition coefficient (Wildman–Crippen LogP) is 12.3. The summed E-state index contributed by atoms with van der Waals surface area (Å²) in [6.07, 6.45) is 2.08. The minimum absolute atomic E-state index is 0.429. The maximum Gasteiger partial charge on any atom is 0.160 e. The van der Waals surface area contributed by atoms with Crippen LogP contribution in [0, 0.1) is 0 Å². The molecule has 0 radical (unpaired) electrons. The summed E-state index contributed by atoms with van der Waals surface area (Å²) in [6, 6.07) is 67.3. The van der Waals surface area contributed by atoms with Crippen molar-refractivity contribution in [3.05, 3.63) is 217 Å². The zero-order valence-electron chi connectivity index (χ0n) is 30.3. The zero-order valence-corrected chi connectivity index (χ0v) is 30.3. The van der Waals surface area contributed by atoms with E-state index < -0.39 is 5.41 Å². The van der Waals surface area contributed by atoms with Gasteiger partial charge in [0.05, 0.1) is 28.0 Å². The second-order valence-electron chi connectivity index (χ2n) is 14.7. The van der Waals surface area contributed by atoms with E-state index in [1.54, 1.807) is 0 Å². The number of nitrogens with zero attached hydrogens (tertiary/aromatic N) is 4. The molecular formula is C52H32N4. The van der Waals surface area contributed by atoms with Gasteiger partial charge in [0, 0.05) is 33.8 Å². The molecule has 0 fully saturated rings. The van der Waals surface area contributed by atoms with E-state index in [4.69, 9.17) is 15.0 Å². The summed E-state index contributed by atoms with van der Waals surface area (Å²) in [6.45, 7) is 0. The second kappa shape index (κ2) is 11.8. The molecule has 4 heteroatoms. The molecule has 3 aromatic heterocycles. The fourth-order valence-electron chi connectivity index (χ4n) is 9.51. The Morgan fingerprint density at radius 3 is 1.62 bits per heavy atom. The van der Waals surface area contributed by atoms with E-state index in [1.807, 2.05) is 12.1 Å². The third-order valence-electron chi connectivity index (χ3n) is 11.9. The van der Waals surface area contributed by atoms with Gasteiger partial charge in [0.25, 0.3) is 0 Å². The fourth-order valence-corrected chi connectivity index (χ4v) is 9.51. The average molecular weight is 713 g/mol. The first-order chi connectivity index (χ1) is 27.8. The van der Waals surface area contributed by atoms with Crippen LogP contribution in [-0.4, -0.2) is 19.4 Å². The van der Waals surface area contributed by atoms with E-state index >= 15 is 0 Å². The third kappa shape index (κ3) is 4.27. The normalized spacial score (nSPS) is 13.1. The number of hydrogen-bond donors (Lipinski definition) is 0. The van der Waals surface area contributed by atoms with Crippen molar-refractivity contribution in [2.45, 2.75) is 5.41 Å². The van der Waals surface area contributed by atoms with Gasteiger partial charge in [-0.1, -0.05) is 164 Å². The highest BCUT2D eigenvalue weighted by Gasteiger charge is 2.51. The molecule has 2 aliphatic rings. The third-order valence-corrected chi connectivity index (χ3v) is 11.9. The molecular weight excluding hydrogens is 681 g/mol. The van der Waals surface area contributed by atoms with E-state index in [0.717, 1.165) is 55.9 Å². The van der Waals surface area contributed by atoms with Gasteiger partial charge in [0.1, 0.15) is 5.65 Å². The second-order valence-corrected chi connectivity index (χ2v) is 14.7. The first kappa shape index (κ1) is 31.0. The topological polar surface area (TPSA) is 43.1 Å². The van der Waals surface area contributed by atoms with Crippen molar-refractivity contribution in [2.24, 2.45) is 0 Å². The van der Waals surface area contributed by atoms with Crippen LogP contribution >= 0.6 is 0 Å². The van der Waals surface area contributed by atoms with Crippen molar-refractivity contribution in [2.75, 3.05) is 0 Å². The summed E-state index contributed by atoms with van der Waals surface area (Å²) in [7, 11) is 0. The number of fused-ring (bicyclic) bond motifs is 12. The van der Waals surface area contributed by atoms with Gasteiger partial charge >= 0.3 is 0 Å². The molecule has 3 heterocycles. The highest BCUT2D eigenvalue weighted by Crippen LogP contribution is 2.63. The van der Waals surface area contributed by atoms with Crippen molar-refractivity contribution < 1.29 is 0 Å². The molecule has 10 aromatic rings. The van der Waals surface area contributed by atoms with Gasteiger partial charge in [-0.25, -0.2) is 15.0 Å². The standard InChI is InChI=1S/C52H32N4/c1-2-14-35(15-3-1)50-49(54-47-24-12-13-31-56(47)50)34-27-25-33(26-28-34)48-41-19-7-11-23-46(41)53-51(55-48)36-29-30-40-39-18-6-10-22-44(39)52(45(40)32-36)42-20-8-4-16-37(42)38-17-5-9-21-43(38)52/h1-32H. The Bertz CT molecular complexity index is 3130. The maximum atomic E-state index is 5.39. The smallest absolute Gasteiger partial charge is 0.160 e. The minimum Gasteiger partial charge on any atom is -0.299 e. The van der Waals surface area contributed by atoms with Crippen LogP contribution in [0.1, 0.15) is 22.3 Å². The lowest BCUT2D eigenvalue weighted by atomic mass is 9.70. The molecule has 0 saturated heterocycles. The van der Waals surface area contributed by atoms with Crippen molar-refractivity contribution >= 4 is 16.6 Å². The quantitative estimate of drug-likeness (QED) is 0.182. The molecule has 0 unspecified atom stereocenters. The zero-order chi connectivity index (χ0) is 36.8. The number of aromatic nitrogens is 4. The summed E-state index contributed by atoms with van der Waals surface area (Å²) in [4.78, 5) is 15.7. The maximum absolute atomic E-state index is 5.39. The Labute approximate surface area is 324 Å². The molecule has 0 saturated carbocycles. The SMILES string of the molecule is c1ccc(-c2c(-c3ccc(-c4nc(-c5ccc6c(c5)C5(c7ccccc7-c7ccccc75)c5ccccc5-6)nc5ccccc45)cc3)nc3ccccn23)cc1. The number of pyridine rings is 1. The van der Waals surface area contributed by atoms with Crippen LogP contribution in [0.15, 0.2) is 194 Å². The van der Waals surface area contributed by atoms with Crippen LogP contribution in [0.2, 0.25) is 0 Å². The van der Waals surface area contributed by atoms with Gasteiger partial charge in [0.2, 0.25) is 0 Å². The van der Waals surface area contributed by atoms with E-state index in [9.17, 15) is 0 Å². The molecule has 0 amide bonds. The van der Waals surface area contributed by atoms with Crippen LogP contribution in [-0.2, 0) is 5.41 Å². The van der Waals surface area contributed by atoms with Crippen LogP contribution in [0.25, 0.3) is 84.0 Å².